The number of hydrogen-bond donors (Lipinski definition) is 0. The number of ether oxygens (including phenoxy) is 1. The monoisotopic (exact) mass is 206 g/mol. The Balaban J connectivity index is 1.50. The van der Waals surface area contributed by atoms with Gasteiger partial charge in [-0.25, -0.2) is 0 Å². The first kappa shape index (κ1) is 8.74. The molecule has 2 nitrogen and oxygen atoms in total. The van der Waals surface area contributed by atoms with E-state index in [1.54, 1.807) is 0 Å². The van der Waals surface area contributed by atoms with Crippen molar-refractivity contribution in [3.05, 3.63) is 0 Å². The SMILES string of the molecule is O=C(C1CCOC1)C1C2C3CCC(C3)C12. The van der Waals surface area contributed by atoms with Crippen LogP contribution in [0.4, 0.5) is 0 Å². The maximum atomic E-state index is 12.3. The highest BCUT2D eigenvalue weighted by molar-refractivity contribution is 5.87. The second-order valence-corrected chi connectivity index (χ2v) is 5.98. The lowest BCUT2D eigenvalue weighted by Gasteiger charge is -2.10. The molecule has 5 atom stereocenters. The predicted molar refractivity (Wildman–Crippen MR) is 55.2 cm³/mol. The third kappa shape index (κ3) is 1.06. The van der Waals surface area contributed by atoms with Gasteiger partial charge in [-0.1, -0.05) is 0 Å². The van der Waals surface area contributed by atoms with Gasteiger partial charge in [0.05, 0.1) is 6.61 Å². The lowest BCUT2D eigenvalue weighted by Crippen LogP contribution is -2.20. The summed E-state index contributed by atoms with van der Waals surface area (Å²) >= 11 is 0. The van der Waals surface area contributed by atoms with Gasteiger partial charge in [-0.05, 0) is 49.4 Å². The fraction of sp³-hybridized carbons (Fsp3) is 0.923. The molecule has 0 spiro atoms. The van der Waals surface area contributed by atoms with Crippen molar-refractivity contribution in [3.8, 4) is 0 Å². The molecular weight excluding hydrogens is 188 g/mol. The van der Waals surface area contributed by atoms with E-state index in [4.69, 9.17) is 4.74 Å². The maximum Gasteiger partial charge on any atom is 0.142 e. The van der Waals surface area contributed by atoms with Crippen LogP contribution in [-0.4, -0.2) is 19.0 Å². The van der Waals surface area contributed by atoms with Crippen LogP contribution in [0.3, 0.4) is 0 Å². The number of carbonyl (C=O) groups is 1. The molecule has 2 bridgehead atoms. The number of rotatable bonds is 2. The third-order valence-electron chi connectivity index (χ3n) is 5.40. The minimum atomic E-state index is 0.264. The number of hydrogen-bond acceptors (Lipinski definition) is 2. The Morgan fingerprint density at radius 3 is 2.40 bits per heavy atom. The summed E-state index contributed by atoms with van der Waals surface area (Å²) < 4.78 is 5.33. The van der Waals surface area contributed by atoms with Gasteiger partial charge in [0.25, 0.3) is 0 Å². The Bertz CT molecular complexity index is 290. The van der Waals surface area contributed by atoms with Gasteiger partial charge in [0.2, 0.25) is 0 Å². The topological polar surface area (TPSA) is 26.3 Å². The van der Waals surface area contributed by atoms with Crippen LogP contribution < -0.4 is 0 Å². The average molecular weight is 206 g/mol. The number of fused-ring (bicyclic) bond motifs is 5. The molecule has 4 rings (SSSR count). The molecule has 0 radical (unpaired) electrons. The highest BCUT2D eigenvalue weighted by atomic mass is 16.5. The van der Waals surface area contributed by atoms with Gasteiger partial charge in [0, 0.05) is 18.4 Å². The van der Waals surface area contributed by atoms with Crippen LogP contribution in [0.15, 0.2) is 0 Å². The van der Waals surface area contributed by atoms with Gasteiger partial charge in [-0.3, -0.25) is 4.79 Å². The van der Waals surface area contributed by atoms with Gasteiger partial charge < -0.3 is 4.74 Å². The molecule has 5 unspecified atom stereocenters. The minimum Gasteiger partial charge on any atom is -0.381 e. The Morgan fingerprint density at radius 1 is 1.07 bits per heavy atom. The van der Waals surface area contributed by atoms with Gasteiger partial charge in [-0.15, -0.1) is 0 Å². The summed E-state index contributed by atoms with van der Waals surface area (Å²) in [5, 5.41) is 0. The van der Waals surface area contributed by atoms with Gasteiger partial charge >= 0.3 is 0 Å². The van der Waals surface area contributed by atoms with E-state index in [1.807, 2.05) is 0 Å². The third-order valence-corrected chi connectivity index (χ3v) is 5.40. The van der Waals surface area contributed by atoms with Gasteiger partial charge in [0.15, 0.2) is 0 Å². The van der Waals surface area contributed by atoms with Crippen LogP contribution in [0.2, 0.25) is 0 Å². The molecule has 0 N–H and O–H groups in total. The molecule has 1 aliphatic heterocycles. The highest BCUT2D eigenvalue weighted by Gasteiger charge is 2.67. The van der Waals surface area contributed by atoms with Crippen molar-refractivity contribution < 1.29 is 9.53 Å². The zero-order chi connectivity index (χ0) is 9.99. The van der Waals surface area contributed by atoms with Gasteiger partial charge in [-0.2, -0.15) is 0 Å². The second-order valence-electron chi connectivity index (χ2n) is 5.98. The molecular formula is C13H18O2. The summed E-state index contributed by atoms with van der Waals surface area (Å²) in [6, 6.07) is 0. The van der Waals surface area contributed by atoms with Crippen LogP contribution in [-0.2, 0) is 9.53 Å². The van der Waals surface area contributed by atoms with E-state index in [0.717, 1.165) is 36.7 Å². The summed E-state index contributed by atoms with van der Waals surface area (Å²) in [6.07, 6.45) is 5.26. The fourth-order valence-corrected chi connectivity index (χ4v) is 4.74. The highest BCUT2D eigenvalue weighted by Crippen LogP contribution is 2.70. The molecule has 3 saturated carbocycles. The Hall–Kier alpha value is -0.370. The summed E-state index contributed by atoms with van der Waals surface area (Å²) in [5.41, 5.74) is 0. The standard InChI is InChI=1S/C13H18O2/c14-13(9-3-4-15-6-9)12-10-7-1-2-8(5-7)11(10)12/h7-12H,1-6H2. The molecule has 4 aliphatic rings. The average Bonchev–Trinajstić information content (AvgIpc) is 2.70. The minimum absolute atomic E-state index is 0.264. The van der Waals surface area contributed by atoms with Crippen molar-refractivity contribution in [2.45, 2.75) is 25.7 Å². The first-order valence-electron chi connectivity index (χ1n) is 6.47. The smallest absolute Gasteiger partial charge is 0.142 e. The van der Waals surface area contributed by atoms with E-state index in [0.29, 0.717) is 18.3 Å². The largest absolute Gasteiger partial charge is 0.381 e. The summed E-state index contributed by atoms with van der Waals surface area (Å²) in [7, 11) is 0. The second kappa shape index (κ2) is 2.85. The summed E-state index contributed by atoms with van der Waals surface area (Å²) in [6.45, 7) is 1.52. The maximum absolute atomic E-state index is 12.3. The molecule has 2 heteroatoms. The molecule has 15 heavy (non-hydrogen) atoms. The molecule has 0 aromatic carbocycles. The number of carbonyl (C=O) groups excluding carboxylic acids is 1. The van der Waals surface area contributed by atoms with E-state index >= 15 is 0 Å². The van der Waals surface area contributed by atoms with E-state index in [9.17, 15) is 4.79 Å². The van der Waals surface area contributed by atoms with E-state index in [2.05, 4.69) is 0 Å². The molecule has 4 fully saturated rings. The Kier molecular flexibility index (Phi) is 1.66. The van der Waals surface area contributed by atoms with Crippen molar-refractivity contribution >= 4 is 5.78 Å². The zero-order valence-electron chi connectivity index (χ0n) is 9.02. The molecule has 3 aliphatic carbocycles. The van der Waals surface area contributed by atoms with Crippen LogP contribution >= 0.6 is 0 Å². The summed E-state index contributed by atoms with van der Waals surface area (Å²) in [4.78, 5) is 12.3. The molecule has 0 amide bonds. The van der Waals surface area contributed by atoms with E-state index in [1.165, 1.54) is 19.3 Å². The lowest BCUT2D eigenvalue weighted by molar-refractivity contribution is -0.125. The van der Waals surface area contributed by atoms with Crippen LogP contribution in [0, 0.1) is 35.5 Å². The first-order valence-corrected chi connectivity index (χ1v) is 6.47. The lowest BCUT2D eigenvalue weighted by atomic mass is 9.92. The number of Topliss-reactive ketones (excluding diaryl/α,β-unsaturated/α-hetero) is 1. The Morgan fingerprint density at radius 2 is 1.80 bits per heavy atom. The Labute approximate surface area is 90.4 Å². The summed E-state index contributed by atoms with van der Waals surface area (Å²) in [5.74, 6) is 4.79. The number of ketones is 1. The molecule has 1 saturated heterocycles. The zero-order valence-corrected chi connectivity index (χ0v) is 9.02. The molecule has 82 valence electrons. The van der Waals surface area contributed by atoms with E-state index in [-0.39, 0.29) is 5.92 Å². The first-order chi connectivity index (χ1) is 7.36. The van der Waals surface area contributed by atoms with Crippen molar-refractivity contribution in [1.82, 2.24) is 0 Å². The van der Waals surface area contributed by atoms with Crippen molar-refractivity contribution in [3.63, 3.8) is 0 Å². The predicted octanol–water partition coefficient (Wildman–Crippen LogP) is 1.88. The fourth-order valence-electron chi connectivity index (χ4n) is 4.74. The van der Waals surface area contributed by atoms with Crippen molar-refractivity contribution in [1.29, 1.82) is 0 Å². The quantitative estimate of drug-likeness (QED) is 0.689. The van der Waals surface area contributed by atoms with Crippen molar-refractivity contribution in [2.24, 2.45) is 35.5 Å². The van der Waals surface area contributed by atoms with Crippen molar-refractivity contribution in [2.75, 3.05) is 13.2 Å². The normalized spacial score (nSPS) is 55.7. The van der Waals surface area contributed by atoms with E-state index < -0.39 is 0 Å². The molecule has 1 heterocycles. The van der Waals surface area contributed by atoms with Crippen LogP contribution in [0.25, 0.3) is 0 Å². The van der Waals surface area contributed by atoms with Gasteiger partial charge in [0.1, 0.15) is 5.78 Å². The molecule has 0 aromatic heterocycles. The molecule has 0 aromatic rings. The van der Waals surface area contributed by atoms with Crippen LogP contribution in [0.1, 0.15) is 25.7 Å². The van der Waals surface area contributed by atoms with Crippen LogP contribution in [0.5, 0.6) is 0 Å².